The summed E-state index contributed by atoms with van der Waals surface area (Å²) in [6.07, 6.45) is 4.85. The molecule has 1 saturated carbocycles. The maximum Gasteiger partial charge on any atom is 0.321 e. The number of amides is 3. The topological polar surface area (TPSA) is 52.7 Å². The lowest BCUT2D eigenvalue weighted by Gasteiger charge is -2.22. The van der Waals surface area contributed by atoms with Crippen LogP contribution in [-0.4, -0.2) is 49.4 Å². The predicted molar refractivity (Wildman–Crippen MR) is 93.1 cm³/mol. The van der Waals surface area contributed by atoms with Gasteiger partial charge in [0.2, 0.25) is 0 Å². The maximum absolute atomic E-state index is 12.4. The molecule has 2 rings (SSSR count). The summed E-state index contributed by atoms with van der Waals surface area (Å²) in [5, 5.41) is 3.30. The predicted octanol–water partition coefficient (Wildman–Crippen LogP) is 3.70. The highest BCUT2D eigenvalue weighted by Crippen LogP contribution is 2.26. The van der Waals surface area contributed by atoms with Gasteiger partial charge in [0, 0.05) is 32.7 Å². The number of rotatable bonds is 4. The number of nitrogens with one attached hydrogen (secondary N) is 1. The second-order valence-electron chi connectivity index (χ2n) is 6.35. The van der Waals surface area contributed by atoms with Crippen molar-refractivity contribution in [1.29, 1.82) is 0 Å². The van der Waals surface area contributed by atoms with Gasteiger partial charge >= 0.3 is 6.03 Å². The van der Waals surface area contributed by atoms with Crippen LogP contribution in [0.1, 0.15) is 36.0 Å². The van der Waals surface area contributed by atoms with Gasteiger partial charge in [0.25, 0.3) is 5.91 Å². The van der Waals surface area contributed by atoms with Gasteiger partial charge in [-0.05, 0) is 37.0 Å². The molecule has 1 N–H and O–H groups in total. The highest BCUT2D eigenvalue weighted by Gasteiger charge is 2.21. The number of anilines is 1. The van der Waals surface area contributed by atoms with Gasteiger partial charge in [0.1, 0.15) is 0 Å². The van der Waals surface area contributed by atoms with Crippen LogP contribution < -0.4 is 5.32 Å². The number of carbonyl (C=O) groups excluding carboxylic acids is 2. The number of hydrogen-bond acceptors (Lipinski definition) is 2. The van der Waals surface area contributed by atoms with E-state index in [4.69, 9.17) is 11.6 Å². The Balaban J connectivity index is 2.09. The summed E-state index contributed by atoms with van der Waals surface area (Å²) >= 11 is 6.01. The van der Waals surface area contributed by atoms with Crippen LogP contribution in [0, 0.1) is 5.92 Å². The molecule has 1 aromatic carbocycles. The fourth-order valence-corrected chi connectivity index (χ4v) is 3.09. The molecule has 1 aliphatic rings. The van der Waals surface area contributed by atoms with Crippen molar-refractivity contribution in [3.63, 3.8) is 0 Å². The first-order chi connectivity index (χ1) is 10.9. The van der Waals surface area contributed by atoms with E-state index in [0.717, 1.165) is 6.54 Å². The second kappa shape index (κ2) is 7.68. The molecule has 1 aliphatic carbocycles. The Labute approximate surface area is 142 Å². The zero-order chi connectivity index (χ0) is 17.0. The van der Waals surface area contributed by atoms with Crippen molar-refractivity contribution in [1.82, 2.24) is 9.80 Å². The van der Waals surface area contributed by atoms with Crippen molar-refractivity contribution >= 4 is 29.2 Å². The number of urea groups is 1. The summed E-state index contributed by atoms with van der Waals surface area (Å²) in [6, 6.07) is 4.68. The molecule has 0 radical (unpaired) electrons. The summed E-state index contributed by atoms with van der Waals surface area (Å²) in [6.45, 7) is 0.739. The van der Waals surface area contributed by atoms with Crippen molar-refractivity contribution in [2.24, 2.45) is 5.92 Å². The van der Waals surface area contributed by atoms with Crippen LogP contribution in [0.15, 0.2) is 18.2 Å². The maximum atomic E-state index is 12.4. The van der Waals surface area contributed by atoms with Crippen LogP contribution >= 0.6 is 11.6 Å². The third-order valence-corrected chi connectivity index (χ3v) is 4.45. The van der Waals surface area contributed by atoms with Gasteiger partial charge in [-0.3, -0.25) is 4.79 Å². The van der Waals surface area contributed by atoms with Gasteiger partial charge in [-0.1, -0.05) is 24.4 Å². The largest absolute Gasteiger partial charge is 0.345 e. The normalized spacial score (nSPS) is 14.6. The number of halogens is 1. The van der Waals surface area contributed by atoms with Crippen molar-refractivity contribution in [3.05, 3.63) is 28.8 Å². The van der Waals surface area contributed by atoms with Crippen LogP contribution in [0.2, 0.25) is 5.02 Å². The van der Waals surface area contributed by atoms with Crippen molar-refractivity contribution in [3.8, 4) is 0 Å². The molecule has 0 saturated heterocycles. The monoisotopic (exact) mass is 337 g/mol. The third kappa shape index (κ3) is 4.61. The van der Waals surface area contributed by atoms with Crippen molar-refractivity contribution in [2.75, 3.05) is 33.0 Å². The standard InChI is InChI=1S/C17H24ClN3O2/c1-20(2)16(22)14-9-8-13(18)10-15(14)19-17(23)21(3)11-12-6-4-5-7-12/h8-10,12H,4-7,11H2,1-3H3,(H,19,23). The molecule has 0 aliphatic heterocycles. The average Bonchev–Trinajstić information content (AvgIpc) is 2.99. The molecule has 0 bridgehead atoms. The van der Waals surface area contributed by atoms with Gasteiger partial charge in [0.15, 0.2) is 0 Å². The summed E-state index contributed by atoms with van der Waals surface area (Å²) in [7, 11) is 5.13. The first-order valence-electron chi connectivity index (χ1n) is 7.92. The lowest BCUT2D eigenvalue weighted by Crippen LogP contribution is -2.35. The van der Waals surface area contributed by atoms with Crippen LogP contribution in [0.5, 0.6) is 0 Å². The highest BCUT2D eigenvalue weighted by atomic mass is 35.5. The smallest absolute Gasteiger partial charge is 0.321 e. The lowest BCUT2D eigenvalue weighted by molar-refractivity contribution is 0.0828. The Kier molecular flexibility index (Phi) is 5.88. The summed E-state index contributed by atoms with van der Waals surface area (Å²) in [5.74, 6) is 0.406. The number of nitrogens with zero attached hydrogens (tertiary/aromatic N) is 2. The summed E-state index contributed by atoms with van der Waals surface area (Å²) in [5.41, 5.74) is 0.876. The SMILES string of the molecule is CN(C)C(=O)c1ccc(Cl)cc1NC(=O)N(C)CC1CCCC1. The van der Waals surface area contributed by atoms with E-state index < -0.39 is 0 Å². The van der Waals surface area contributed by atoms with Crippen molar-refractivity contribution < 1.29 is 9.59 Å². The van der Waals surface area contributed by atoms with Crippen LogP contribution in [-0.2, 0) is 0 Å². The molecule has 0 heterocycles. The van der Waals surface area contributed by atoms with Crippen LogP contribution in [0.4, 0.5) is 10.5 Å². The lowest BCUT2D eigenvalue weighted by atomic mass is 10.1. The van der Waals surface area contributed by atoms with E-state index in [1.54, 1.807) is 44.2 Å². The third-order valence-electron chi connectivity index (χ3n) is 4.21. The minimum Gasteiger partial charge on any atom is -0.345 e. The van der Waals surface area contributed by atoms with Crippen molar-refractivity contribution in [2.45, 2.75) is 25.7 Å². The molecule has 3 amide bonds. The molecule has 23 heavy (non-hydrogen) atoms. The summed E-state index contributed by atoms with van der Waals surface area (Å²) in [4.78, 5) is 27.8. The number of carbonyl (C=O) groups is 2. The van der Waals surface area contributed by atoms with E-state index in [1.165, 1.54) is 30.6 Å². The van der Waals surface area contributed by atoms with Crippen LogP contribution in [0.3, 0.4) is 0 Å². The van der Waals surface area contributed by atoms with E-state index >= 15 is 0 Å². The average molecular weight is 338 g/mol. The zero-order valence-corrected chi connectivity index (χ0v) is 14.7. The van der Waals surface area contributed by atoms with Gasteiger partial charge < -0.3 is 15.1 Å². The molecule has 6 heteroatoms. The Hall–Kier alpha value is -1.75. The van der Waals surface area contributed by atoms with Gasteiger partial charge in [-0.25, -0.2) is 4.79 Å². The van der Waals surface area contributed by atoms with E-state index in [-0.39, 0.29) is 11.9 Å². The Bertz CT molecular complexity index is 583. The molecule has 5 nitrogen and oxygen atoms in total. The molecule has 126 valence electrons. The fraction of sp³-hybridized carbons (Fsp3) is 0.529. The quantitative estimate of drug-likeness (QED) is 0.910. The van der Waals surface area contributed by atoms with Crippen LogP contribution in [0.25, 0.3) is 0 Å². The molecule has 1 aromatic rings. The first kappa shape index (κ1) is 17.6. The zero-order valence-electron chi connectivity index (χ0n) is 13.9. The number of benzene rings is 1. The van der Waals surface area contributed by atoms with E-state index in [0.29, 0.717) is 22.2 Å². The van der Waals surface area contributed by atoms with Gasteiger partial charge in [-0.15, -0.1) is 0 Å². The molecule has 1 fully saturated rings. The number of hydrogen-bond donors (Lipinski definition) is 1. The second-order valence-corrected chi connectivity index (χ2v) is 6.79. The summed E-state index contributed by atoms with van der Waals surface area (Å²) < 4.78 is 0. The van der Waals surface area contributed by atoms with Gasteiger partial charge in [0.05, 0.1) is 11.3 Å². The van der Waals surface area contributed by atoms with E-state index in [9.17, 15) is 9.59 Å². The molecular weight excluding hydrogens is 314 g/mol. The fourth-order valence-electron chi connectivity index (χ4n) is 2.92. The highest BCUT2D eigenvalue weighted by molar-refractivity contribution is 6.31. The molecule has 0 unspecified atom stereocenters. The molecule has 0 spiro atoms. The molecule has 0 aromatic heterocycles. The molecular formula is C17H24ClN3O2. The Morgan fingerprint density at radius 1 is 1.22 bits per heavy atom. The minimum atomic E-state index is -0.216. The minimum absolute atomic E-state index is 0.171. The molecule has 0 atom stereocenters. The Morgan fingerprint density at radius 2 is 1.87 bits per heavy atom. The van der Waals surface area contributed by atoms with E-state index in [2.05, 4.69) is 5.32 Å². The van der Waals surface area contributed by atoms with E-state index in [1.807, 2.05) is 0 Å². The Morgan fingerprint density at radius 3 is 2.48 bits per heavy atom. The van der Waals surface area contributed by atoms with Gasteiger partial charge in [-0.2, -0.15) is 0 Å². The first-order valence-corrected chi connectivity index (χ1v) is 8.29.